The van der Waals surface area contributed by atoms with Gasteiger partial charge in [0.2, 0.25) is 5.91 Å². The van der Waals surface area contributed by atoms with E-state index in [9.17, 15) is 14.0 Å². The van der Waals surface area contributed by atoms with Crippen LogP contribution in [0.5, 0.6) is 17.2 Å². The van der Waals surface area contributed by atoms with Crippen molar-refractivity contribution in [1.29, 1.82) is 0 Å². The Kier molecular flexibility index (Phi) is 8.03. The molecule has 0 aliphatic heterocycles. The molecule has 0 fully saturated rings. The molecule has 2 rings (SSSR count). The number of ether oxygens (including phenoxy) is 3. The normalized spacial score (nSPS) is 11.6. The third-order valence-electron chi connectivity index (χ3n) is 4.59. The van der Waals surface area contributed by atoms with Crippen molar-refractivity contribution in [3.63, 3.8) is 0 Å². The first-order valence-electron chi connectivity index (χ1n) is 9.44. The Balaban J connectivity index is 2.14. The molecule has 0 bridgehead atoms. The van der Waals surface area contributed by atoms with Crippen LogP contribution in [0.1, 0.15) is 29.8 Å². The molecular weight excluding hydrogens is 391 g/mol. The number of hydrogen-bond acceptors (Lipinski definition) is 5. The summed E-state index contributed by atoms with van der Waals surface area (Å²) in [5.41, 5.74) is 0.559. The lowest BCUT2D eigenvalue weighted by atomic mass is 10.0. The van der Waals surface area contributed by atoms with E-state index in [0.29, 0.717) is 22.8 Å². The molecule has 0 aromatic heterocycles. The summed E-state index contributed by atoms with van der Waals surface area (Å²) in [6.07, 6.45) is 0. The van der Waals surface area contributed by atoms with Crippen LogP contribution in [0.4, 0.5) is 4.39 Å². The van der Waals surface area contributed by atoms with E-state index in [1.165, 1.54) is 39.5 Å². The minimum absolute atomic E-state index is 0.113. The highest BCUT2D eigenvalue weighted by atomic mass is 19.1. The van der Waals surface area contributed by atoms with Gasteiger partial charge in [0.25, 0.3) is 5.91 Å². The molecule has 0 radical (unpaired) electrons. The highest BCUT2D eigenvalue weighted by Gasteiger charge is 2.26. The molecule has 2 aromatic rings. The van der Waals surface area contributed by atoms with Gasteiger partial charge >= 0.3 is 0 Å². The molecule has 0 heterocycles. The number of benzene rings is 2. The Morgan fingerprint density at radius 2 is 1.57 bits per heavy atom. The van der Waals surface area contributed by atoms with E-state index in [1.807, 2.05) is 0 Å². The van der Waals surface area contributed by atoms with Crippen molar-refractivity contribution < 1.29 is 28.2 Å². The van der Waals surface area contributed by atoms with Gasteiger partial charge in [0.05, 0.1) is 26.9 Å². The van der Waals surface area contributed by atoms with E-state index in [-0.39, 0.29) is 18.0 Å². The lowest BCUT2D eigenvalue weighted by molar-refractivity contribution is -0.124. The Hall–Kier alpha value is -3.29. The quantitative estimate of drug-likeness (QED) is 0.654. The van der Waals surface area contributed by atoms with Crippen LogP contribution in [-0.4, -0.2) is 39.2 Å². The maximum atomic E-state index is 13.9. The summed E-state index contributed by atoms with van der Waals surface area (Å²) < 4.78 is 29.8. The molecule has 2 amide bonds. The van der Waals surface area contributed by atoms with Gasteiger partial charge in [-0.2, -0.15) is 0 Å². The minimum atomic E-state index is -0.844. The van der Waals surface area contributed by atoms with Crippen LogP contribution in [0.2, 0.25) is 0 Å². The second-order valence-electron chi connectivity index (χ2n) is 6.91. The van der Waals surface area contributed by atoms with Crippen molar-refractivity contribution >= 4 is 11.8 Å². The fourth-order valence-electron chi connectivity index (χ4n) is 2.92. The predicted octanol–water partition coefficient (Wildman–Crippen LogP) is 2.92. The lowest BCUT2D eigenvalue weighted by Gasteiger charge is -2.22. The van der Waals surface area contributed by atoms with E-state index in [0.717, 1.165) is 0 Å². The van der Waals surface area contributed by atoms with E-state index < -0.39 is 23.7 Å². The summed E-state index contributed by atoms with van der Waals surface area (Å²) in [5.74, 6) is -0.389. The Morgan fingerprint density at radius 3 is 2.13 bits per heavy atom. The fourth-order valence-corrected chi connectivity index (χ4v) is 2.92. The van der Waals surface area contributed by atoms with Crippen LogP contribution >= 0.6 is 0 Å². The number of carbonyl (C=O) groups excluding carboxylic acids is 2. The Morgan fingerprint density at radius 1 is 0.967 bits per heavy atom. The van der Waals surface area contributed by atoms with Gasteiger partial charge < -0.3 is 24.8 Å². The number of methoxy groups -OCH3 is 3. The molecule has 0 spiro atoms. The fraction of sp³-hybridized carbons (Fsp3) is 0.364. The van der Waals surface area contributed by atoms with Crippen LogP contribution in [0, 0.1) is 11.7 Å². The van der Waals surface area contributed by atoms with Crippen LogP contribution in [-0.2, 0) is 11.3 Å². The van der Waals surface area contributed by atoms with Crippen molar-refractivity contribution in [2.75, 3.05) is 21.3 Å². The summed E-state index contributed by atoms with van der Waals surface area (Å²) in [6, 6.07) is 8.15. The van der Waals surface area contributed by atoms with Gasteiger partial charge in [0.15, 0.2) is 11.5 Å². The number of halogens is 1. The molecule has 8 heteroatoms. The van der Waals surface area contributed by atoms with Gasteiger partial charge in [-0.25, -0.2) is 4.39 Å². The topological polar surface area (TPSA) is 85.9 Å². The van der Waals surface area contributed by atoms with Gasteiger partial charge in [-0.3, -0.25) is 9.59 Å². The van der Waals surface area contributed by atoms with Crippen LogP contribution < -0.4 is 24.8 Å². The molecule has 1 atom stereocenters. The molecule has 0 aliphatic rings. The molecule has 2 aromatic carbocycles. The SMILES string of the molecule is COc1cc(OC)c(OC)cc1CNC(=O)[C@H](NC(=O)c1ccccc1F)C(C)C. The zero-order chi connectivity index (χ0) is 22.3. The van der Waals surface area contributed by atoms with Gasteiger partial charge in [-0.15, -0.1) is 0 Å². The number of rotatable bonds is 9. The molecule has 2 N–H and O–H groups in total. The zero-order valence-electron chi connectivity index (χ0n) is 17.7. The van der Waals surface area contributed by atoms with Crippen molar-refractivity contribution in [2.24, 2.45) is 5.92 Å². The highest BCUT2D eigenvalue weighted by Crippen LogP contribution is 2.34. The molecule has 162 valence electrons. The summed E-state index contributed by atoms with van der Waals surface area (Å²) in [7, 11) is 4.54. The third-order valence-corrected chi connectivity index (χ3v) is 4.59. The predicted molar refractivity (Wildman–Crippen MR) is 110 cm³/mol. The van der Waals surface area contributed by atoms with Crippen molar-refractivity contribution in [1.82, 2.24) is 10.6 Å². The number of amides is 2. The van der Waals surface area contributed by atoms with Crippen LogP contribution in [0.25, 0.3) is 0 Å². The van der Waals surface area contributed by atoms with Crippen LogP contribution in [0.15, 0.2) is 36.4 Å². The van der Waals surface area contributed by atoms with Gasteiger partial charge in [0, 0.05) is 18.2 Å². The van der Waals surface area contributed by atoms with E-state index >= 15 is 0 Å². The standard InChI is InChI=1S/C22H27FN2O5/c1-13(2)20(25-21(26)15-8-6-7-9-16(15)23)22(27)24-12-14-10-18(29-4)19(30-5)11-17(14)28-3/h6-11,13,20H,12H2,1-5H3,(H,24,27)(H,25,26)/t20-/m1/s1. The van der Waals surface area contributed by atoms with Gasteiger partial charge in [0.1, 0.15) is 17.6 Å². The Labute approximate surface area is 175 Å². The molecule has 0 saturated carbocycles. The van der Waals surface area contributed by atoms with Crippen LogP contribution in [0.3, 0.4) is 0 Å². The maximum absolute atomic E-state index is 13.9. The molecule has 0 unspecified atom stereocenters. The largest absolute Gasteiger partial charge is 0.496 e. The van der Waals surface area contributed by atoms with E-state index in [2.05, 4.69) is 10.6 Å². The first kappa shape index (κ1) is 23.0. The molecule has 0 aliphatic carbocycles. The van der Waals surface area contributed by atoms with Crippen molar-refractivity contribution in [3.8, 4) is 17.2 Å². The lowest BCUT2D eigenvalue weighted by Crippen LogP contribution is -2.49. The summed E-state index contributed by atoms with van der Waals surface area (Å²) >= 11 is 0. The van der Waals surface area contributed by atoms with E-state index in [4.69, 9.17) is 14.2 Å². The first-order valence-corrected chi connectivity index (χ1v) is 9.44. The van der Waals surface area contributed by atoms with Gasteiger partial charge in [-0.1, -0.05) is 26.0 Å². The average molecular weight is 418 g/mol. The van der Waals surface area contributed by atoms with Gasteiger partial charge in [-0.05, 0) is 24.1 Å². The molecule has 7 nitrogen and oxygen atoms in total. The second kappa shape index (κ2) is 10.5. The van der Waals surface area contributed by atoms with Crippen molar-refractivity contribution in [2.45, 2.75) is 26.4 Å². The highest BCUT2D eigenvalue weighted by molar-refractivity contribution is 5.97. The number of carbonyl (C=O) groups is 2. The molecule has 30 heavy (non-hydrogen) atoms. The first-order chi connectivity index (χ1) is 14.3. The monoisotopic (exact) mass is 418 g/mol. The Bertz CT molecular complexity index is 901. The molecular formula is C22H27FN2O5. The number of hydrogen-bond donors (Lipinski definition) is 2. The summed E-state index contributed by atoms with van der Waals surface area (Å²) in [6.45, 7) is 3.73. The van der Waals surface area contributed by atoms with E-state index in [1.54, 1.807) is 32.0 Å². The van der Waals surface area contributed by atoms with Crippen molar-refractivity contribution in [3.05, 3.63) is 53.3 Å². The summed E-state index contributed by atoms with van der Waals surface area (Å²) in [5, 5.41) is 5.40. The maximum Gasteiger partial charge on any atom is 0.254 e. The summed E-state index contributed by atoms with van der Waals surface area (Å²) in [4.78, 5) is 25.2. The molecule has 0 saturated heterocycles. The number of nitrogens with one attached hydrogen (secondary N) is 2. The average Bonchev–Trinajstić information content (AvgIpc) is 2.74. The minimum Gasteiger partial charge on any atom is -0.496 e. The zero-order valence-corrected chi connectivity index (χ0v) is 17.7. The second-order valence-corrected chi connectivity index (χ2v) is 6.91. The third kappa shape index (κ3) is 5.40. The smallest absolute Gasteiger partial charge is 0.254 e.